The van der Waals surface area contributed by atoms with Gasteiger partial charge in [0.05, 0.1) is 0 Å². The van der Waals surface area contributed by atoms with Crippen LogP contribution in [0.3, 0.4) is 0 Å². The molecular weight excluding hydrogens is 298 g/mol. The van der Waals surface area contributed by atoms with Crippen LogP contribution in [0.1, 0.15) is 10.4 Å². The van der Waals surface area contributed by atoms with E-state index in [9.17, 15) is 4.79 Å². The van der Waals surface area contributed by atoms with Crippen LogP contribution < -0.4 is 10.6 Å². The Morgan fingerprint density at radius 3 is 2.68 bits per heavy atom. The fraction of sp³-hybridized carbons (Fsp3) is 0.133. The first-order valence-electron chi connectivity index (χ1n) is 6.84. The van der Waals surface area contributed by atoms with Crippen LogP contribution in [-0.4, -0.2) is 33.8 Å². The van der Waals surface area contributed by atoms with E-state index in [0.29, 0.717) is 24.5 Å². The van der Waals surface area contributed by atoms with Gasteiger partial charge in [0.15, 0.2) is 5.82 Å². The molecule has 0 saturated heterocycles. The molecular formula is C15H15N5OS. The van der Waals surface area contributed by atoms with Crippen LogP contribution in [0.5, 0.6) is 0 Å². The molecule has 0 saturated carbocycles. The molecule has 0 spiro atoms. The molecule has 6 nitrogen and oxygen atoms in total. The minimum absolute atomic E-state index is 0.0583. The van der Waals surface area contributed by atoms with E-state index in [2.05, 4.69) is 20.8 Å². The molecule has 0 atom stereocenters. The van der Waals surface area contributed by atoms with Crippen LogP contribution in [0.25, 0.3) is 5.82 Å². The molecule has 3 aromatic rings. The van der Waals surface area contributed by atoms with Crippen LogP contribution in [0.15, 0.2) is 53.5 Å². The van der Waals surface area contributed by atoms with Gasteiger partial charge >= 0.3 is 0 Å². The molecule has 3 heterocycles. The number of amides is 1. The second kappa shape index (κ2) is 6.86. The fourth-order valence-electron chi connectivity index (χ4n) is 1.91. The van der Waals surface area contributed by atoms with E-state index in [1.807, 2.05) is 52.0 Å². The third-order valence-corrected chi connectivity index (χ3v) is 3.70. The molecule has 0 bridgehead atoms. The van der Waals surface area contributed by atoms with Gasteiger partial charge in [0.2, 0.25) is 0 Å². The summed E-state index contributed by atoms with van der Waals surface area (Å²) >= 11 is 1.51. The monoisotopic (exact) mass is 313 g/mol. The van der Waals surface area contributed by atoms with Crippen molar-refractivity contribution in [2.75, 3.05) is 18.4 Å². The SMILES string of the molecule is O=C(NCCNc1ccc(-n2cccc2)nn1)c1ccsc1. The number of carbonyl (C=O) groups is 1. The first-order valence-corrected chi connectivity index (χ1v) is 7.78. The van der Waals surface area contributed by atoms with Crippen LogP contribution in [0, 0.1) is 0 Å². The van der Waals surface area contributed by atoms with Crippen molar-refractivity contribution in [2.45, 2.75) is 0 Å². The molecule has 0 aliphatic carbocycles. The van der Waals surface area contributed by atoms with Crippen molar-refractivity contribution in [1.29, 1.82) is 0 Å². The van der Waals surface area contributed by atoms with Gasteiger partial charge in [0.1, 0.15) is 5.82 Å². The lowest BCUT2D eigenvalue weighted by molar-refractivity contribution is 0.0955. The molecule has 0 fully saturated rings. The normalized spacial score (nSPS) is 10.4. The summed E-state index contributed by atoms with van der Waals surface area (Å²) in [4.78, 5) is 11.7. The van der Waals surface area contributed by atoms with Gasteiger partial charge in [-0.1, -0.05) is 0 Å². The highest BCUT2D eigenvalue weighted by molar-refractivity contribution is 7.08. The summed E-state index contributed by atoms with van der Waals surface area (Å²) in [6.07, 6.45) is 3.83. The van der Waals surface area contributed by atoms with Gasteiger partial charge in [-0.05, 0) is 35.7 Å². The van der Waals surface area contributed by atoms with Gasteiger partial charge in [0, 0.05) is 36.4 Å². The number of aromatic nitrogens is 3. The molecule has 22 heavy (non-hydrogen) atoms. The van der Waals surface area contributed by atoms with E-state index in [4.69, 9.17) is 0 Å². The Morgan fingerprint density at radius 2 is 2.00 bits per heavy atom. The molecule has 0 radical (unpaired) electrons. The van der Waals surface area contributed by atoms with Crippen molar-refractivity contribution in [3.8, 4) is 5.82 Å². The number of anilines is 1. The number of hydrogen-bond acceptors (Lipinski definition) is 5. The molecule has 3 rings (SSSR count). The lowest BCUT2D eigenvalue weighted by Crippen LogP contribution is -2.28. The van der Waals surface area contributed by atoms with Gasteiger partial charge in [-0.25, -0.2) is 0 Å². The van der Waals surface area contributed by atoms with Crippen LogP contribution in [0.2, 0.25) is 0 Å². The van der Waals surface area contributed by atoms with Crippen molar-refractivity contribution in [3.05, 3.63) is 59.0 Å². The van der Waals surface area contributed by atoms with Crippen molar-refractivity contribution in [1.82, 2.24) is 20.1 Å². The van der Waals surface area contributed by atoms with Gasteiger partial charge in [0.25, 0.3) is 5.91 Å². The summed E-state index contributed by atoms with van der Waals surface area (Å²) in [5, 5.41) is 17.9. The minimum atomic E-state index is -0.0583. The summed E-state index contributed by atoms with van der Waals surface area (Å²) in [5.74, 6) is 1.39. The summed E-state index contributed by atoms with van der Waals surface area (Å²) in [5.41, 5.74) is 0.695. The van der Waals surface area contributed by atoms with Crippen LogP contribution >= 0.6 is 11.3 Å². The Labute approximate surface area is 131 Å². The third-order valence-electron chi connectivity index (χ3n) is 3.02. The van der Waals surface area contributed by atoms with Crippen molar-refractivity contribution in [2.24, 2.45) is 0 Å². The standard InChI is InChI=1S/C15H15N5OS/c21-15(12-5-10-22-11-12)17-7-6-16-13-3-4-14(19-18-13)20-8-1-2-9-20/h1-5,8-11H,6-7H2,(H,16,18)(H,17,21). The summed E-state index contributed by atoms with van der Waals surface area (Å²) < 4.78 is 1.89. The number of nitrogens with zero attached hydrogens (tertiary/aromatic N) is 3. The average molecular weight is 313 g/mol. The molecule has 7 heteroatoms. The van der Waals surface area contributed by atoms with Gasteiger partial charge < -0.3 is 15.2 Å². The number of rotatable bonds is 6. The first-order chi connectivity index (χ1) is 10.8. The van der Waals surface area contributed by atoms with Gasteiger partial charge in [-0.3, -0.25) is 4.79 Å². The minimum Gasteiger partial charge on any atom is -0.367 e. The molecule has 2 N–H and O–H groups in total. The van der Waals surface area contributed by atoms with E-state index in [0.717, 1.165) is 5.82 Å². The summed E-state index contributed by atoms with van der Waals surface area (Å²) in [7, 11) is 0. The maximum Gasteiger partial charge on any atom is 0.252 e. The molecule has 1 amide bonds. The predicted octanol–water partition coefficient (Wildman–Crippen LogP) is 2.17. The maximum atomic E-state index is 11.7. The largest absolute Gasteiger partial charge is 0.367 e. The molecule has 3 aromatic heterocycles. The quantitative estimate of drug-likeness (QED) is 0.684. The Hall–Kier alpha value is -2.67. The second-order valence-corrected chi connectivity index (χ2v) is 5.34. The average Bonchev–Trinajstić information content (AvgIpc) is 3.25. The Bertz CT molecular complexity index is 707. The Kier molecular flexibility index (Phi) is 4.45. The van der Waals surface area contributed by atoms with E-state index >= 15 is 0 Å². The maximum absolute atomic E-state index is 11.7. The third kappa shape index (κ3) is 3.50. The Balaban J connectivity index is 1.45. The molecule has 0 aromatic carbocycles. The van der Waals surface area contributed by atoms with E-state index in [1.54, 1.807) is 6.07 Å². The van der Waals surface area contributed by atoms with Gasteiger partial charge in [-0.2, -0.15) is 11.3 Å². The molecule has 112 valence electrons. The van der Waals surface area contributed by atoms with Crippen molar-refractivity contribution < 1.29 is 4.79 Å². The lowest BCUT2D eigenvalue weighted by atomic mass is 10.3. The summed E-state index contributed by atoms with van der Waals surface area (Å²) in [6, 6.07) is 9.43. The van der Waals surface area contributed by atoms with E-state index in [-0.39, 0.29) is 5.91 Å². The van der Waals surface area contributed by atoms with Gasteiger partial charge in [-0.15, -0.1) is 10.2 Å². The fourth-order valence-corrected chi connectivity index (χ4v) is 2.54. The zero-order chi connectivity index (χ0) is 15.2. The highest BCUT2D eigenvalue weighted by Crippen LogP contribution is 2.07. The van der Waals surface area contributed by atoms with Crippen molar-refractivity contribution in [3.63, 3.8) is 0 Å². The van der Waals surface area contributed by atoms with Crippen LogP contribution in [-0.2, 0) is 0 Å². The Morgan fingerprint density at radius 1 is 1.14 bits per heavy atom. The number of thiophene rings is 1. The highest BCUT2D eigenvalue weighted by atomic mass is 32.1. The topological polar surface area (TPSA) is 71.8 Å². The number of nitrogens with one attached hydrogen (secondary N) is 2. The van der Waals surface area contributed by atoms with Crippen LogP contribution in [0.4, 0.5) is 5.82 Å². The number of carbonyl (C=O) groups excluding carboxylic acids is 1. The predicted molar refractivity (Wildman–Crippen MR) is 86.5 cm³/mol. The van der Waals surface area contributed by atoms with Crippen molar-refractivity contribution >= 4 is 23.1 Å². The van der Waals surface area contributed by atoms with E-state index in [1.165, 1.54) is 11.3 Å². The molecule has 0 aliphatic rings. The molecule has 0 unspecified atom stereocenters. The highest BCUT2D eigenvalue weighted by Gasteiger charge is 2.04. The van der Waals surface area contributed by atoms with E-state index < -0.39 is 0 Å². The molecule has 0 aliphatic heterocycles. The first kappa shape index (κ1) is 14.3. The zero-order valence-electron chi connectivity index (χ0n) is 11.8. The lowest BCUT2D eigenvalue weighted by Gasteiger charge is -2.07. The second-order valence-electron chi connectivity index (χ2n) is 4.56. The smallest absolute Gasteiger partial charge is 0.252 e. The summed E-state index contributed by atoms with van der Waals surface area (Å²) in [6.45, 7) is 1.11. The zero-order valence-corrected chi connectivity index (χ0v) is 12.6. The number of hydrogen-bond donors (Lipinski definition) is 2.